The summed E-state index contributed by atoms with van der Waals surface area (Å²) in [6, 6.07) is 29.4. The molecule has 0 spiro atoms. The van der Waals surface area contributed by atoms with Crippen LogP contribution in [0, 0.1) is 0 Å². The maximum atomic E-state index is 13.1. The first-order valence-corrected chi connectivity index (χ1v) is 14.3. The number of fused-ring (bicyclic) bond motifs is 3. The molecule has 0 aliphatic heterocycles. The number of carbonyl (C=O) groups is 3. The summed E-state index contributed by atoms with van der Waals surface area (Å²) in [5, 5.41) is 15.1. The maximum Gasteiger partial charge on any atom is 0.411 e. The number of anilines is 1. The molecule has 0 saturated heterocycles. The van der Waals surface area contributed by atoms with E-state index in [1.54, 1.807) is 19.2 Å². The summed E-state index contributed by atoms with van der Waals surface area (Å²) in [7, 11) is 1.80. The zero-order valence-corrected chi connectivity index (χ0v) is 24.5. The van der Waals surface area contributed by atoms with Crippen molar-refractivity contribution in [2.75, 3.05) is 25.5 Å². The molecule has 1 aliphatic carbocycles. The predicted molar refractivity (Wildman–Crippen MR) is 164 cm³/mol. The average Bonchev–Trinajstić information content (AvgIpc) is 3.30. The monoisotopic (exact) mass is 627 g/mol. The predicted octanol–water partition coefficient (Wildman–Crippen LogP) is 6.13. The Labute approximate surface area is 252 Å². The van der Waals surface area contributed by atoms with Crippen LogP contribution >= 0.6 is 15.9 Å². The van der Waals surface area contributed by atoms with Crippen molar-refractivity contribution in [2.24, 2.45) is 0 Å². The molecule has 2 amide bonds. The largest absolute Gasteiger partial charge is 0.480 e. The van der Waals surface area contributed by atoms with Crippen molar-refractivity contribution in [2.45, 2.75) is 18.5 Å². The number of nitrogens with one attached hydrogen (secondary N) is 2. The summed E-state index contributed by atoms with van der Waals surface area (Å²) < 4.78 is 6.08. The average molecular weight is 629 g/mol. The van der Waals surface area contributed by atoms with Gasteiger partial charge in [-0.1, -0.05) is 78.9 Å². The van der Waals surface area contributed by atoms with E-state index in [0.29, 0.717) is 16.7 Å². The molecule has 1 unspecified atom stereocenters. The Morgan fingerprint density at radius 1 is 0.905 bits per heavy atom. The van der Waals surface area contributed by atoms with Crippen molar-refractivity contribution in [3.8, 4) is 11.1 Å². The minimum atomic E-state index is -1.15. The quantitative estimate of drug-likeness (QED) is 0.195. The SMILES string of the molecule is CN(Cc1ccccc1)CC(NC(=O)c1cc(NC(=O)OCC2c3ccccc3-c3ccccc32)ccc1Br)C(=O)O. The van der Waals surface area contributed by atoms with Gasteiger partial charge in [0.2, 0.25) is 0 Å². The number of hydrogen-bond donors (Lipinski definition) is 3. The van der Waals surface area contributed by atoms with Gasteiger partial charge in [0.15, 0.2) is 0 Å². The maximum absolute atomic E-state index is 13.1. The van der Waals surface area contributed by atoms with E-state index in [9.17, 15) is 19.5 Å². The zero-order chi connectivity index (χ0) is 29.6. The Morgan fingerprint density at radius 3 is 2.17 bits per heavy atom. The molecule has 0 aromatic heterocycles. The molecule has 0 bridgehead atoms. The number of rotatable bonds is 10. The van der Waals surface area contributed by atoms with Gasteiger partial charge in [-0.3, -0.25) is 15.0 Å². The van der Waals surface area contributed by atoms with Crippen LogP contribution in [0.1, 0.15) is 33.0 Å². The minimum Gasteiger partial charge on any atom is -0.480 e. The van der Waals surface area contributed by atoms with E-state index >= 15 is 0 Å². The van der Waals surface area contributed by atoms with Crippen LogP contribution in [-0.2, 0) is 16.1 Å². The lowest BCUT2D eigenvalue weighted by molar-refractivity contribution is -0.139. The van der Waals surface area contributed by atoms with Gasteiger partial charge in [0.25, 0.3) is 5.91 Å². The third-order valence-corrected chi connectivity index (χ3v) is 7.89. The molecule has 42 heavy (non-hydrogen) atoms. The first kappa shape index (κ1) is 29.0. The van der Waals surface area contributed by atoms with Gasteiger partial charge in [-0.2, -0.15) is 0 Å². The highest BCUT2D eigenvalue weighted by Crippen LogP contribution is 2.44. The topological polar surface area (TPSA) is 108 Å². The number of benzene rings is 4. The highest BCUT2D eigenvalue weighted by atomic mass is 79.9. The Morgan fingerprint density at radius 2 is 1.52 bits per heavy atom. The van der Waals surface area contributed by atoms with Gasteiger partial charge in [-0.25, -0.2) is 9.59 Å². The molecule has 0 heterocycles. The molecular weight excluding hydrogens is 598 g/mol. The summed E-state index contributed by atoms with van der Waals surface area (Å²) in [4.78, 5) is 39.7. The molecule has 4 aromatic carbocycles. The number of carbonyl (C=O) groups excluding carboxylic acids is 2. The summed E-state index contributed by atoms with van der Waals surface area (Å²) >= 11 is 3.36. The van der Waals surface area contributed by atoms with E-state index in [0.717, 1.165) is 27.8 Å². The second kappa shape index (κ2) is 13.0. The number of carboxylic acids is 1. The zero-order valence-electron chi connectivity index (χ0n) is 22.9. The fourth-order valence-corrected chi connectivity index (χ4v) is 5.65. The molecule has 4 aromatic rings. The van der Waals surface area contributed by atoms with Crippen molar-refractivity contribution < 1.29 is 24.2 Å². The van der Waals surface area contributed by atoms with Crippen LogP contribution in [0.4, 0.5) is 10.5 Å². The number of hydrogen-bond acceptors (Lipinski definition) is 5. The molecule has 0 radical (unpaired) electrons. The molecule has 1 atom stereocenters. The number of ether oxygens (including phenoxy) is 1. The lowest BCUT2D eigenvalue weighted by atomic mass is 9.98. The second-order valence-corrected chi connectivity index (χ2v) is 11.0. The molecule has 3 N–H and O–H groups in total. The van der Waals surface area contributed by atoms with Crippen LogP contribution in [0.25, 0.3) is 11.1 Å². The van der Waals surface area contributed by atoms with Crippen LogP contribution in [0.3, 0.4) is 0 Å². The fourth-order valence-electron chi connectivity index (χ4n) is 5.22. The second-order valence-electron chi connectivity index (χ2n) is 10.2. The molecule has 0 fully saturated rings. The van der Waals surface area contributed by atoms with Gasteiger partial charge in [0, 0.05) is 29.2 Å². The number of aliphatic carboxylic acids is 1. The smallest absolute Gasteiger partial charge is 0.411 e. The summed E-state index contributed by atoms with van der Waals surface area (Å²) in [5.74, 6) is -1.81. The van der Waals surface area contributed by atoms with Crippen LogP contribution in [0.2, 0.25) is 0 Å². The van der Waals surface area contributed by atoms with E-state index < -0.39 is 24.0 Å². The fraction of sp³-hybridized carbons (Fsp3) is 0.182. The number of halogens is 1. The third kappa shape index (κ3) is 6.70. The van der Waals surface area contributed by atoms with E-state index in [4.69, 9.17) is 4.74 Å². The van der Waals surface area contributed by atoms with Crippen molar-refractivity contribution >= 4 is 39.6 Å². The van der Waals surface area contributed by atoms with Crippen molar-refractivity contribution in [3.63, 3.8) is 0 Å². The molecule has 8 nitrogen and oxygen atoms in total. The standard InChI is InChI=1S/C33H30BrN3O5/c1-37(18-21-9-3-2-4-10-21)19-30(32(39)40)36-31(38)27-17-22(15-16-29(27)34)35-33(41)42-20-28-25-13-7-5-11-23(25)24-12-6-8-14-26(24)28/h2-17,28,30H,18-20H2,1H3,(H,35,41)(H,36,38)(H,39,40). The Bertz CT molecular complexity index is 1570. The van der Waals surface area contributed by atoms with Crippen LogP contribution in [-0.4, -0.2) is 54.2 Å². The molecule has 214 valence electrons. The van der Waals surface area contributed by atoms with E-state index in [2.05, 4.69) is 38.7 Å². The number of amides is 2. The number of carboxylic acid groups (broad SMARTS) is 1. The first-order valence-electron chi connectivity index (χ1n) is 13.5. The Hall–Kier alpha value is -4.47. The molecule has 0 saturated carbocycles. The first-order chi connectivity index (χ1) is 20.3. The van der Waals surface area contributed by atoms with Gasteiger partial charge >= 0.3 is 12.1 Å². The minimum absolute atomic E-state index is 0.0811. The van der Waals surface area contributed by atoms with Gasteiger partial charge in [0.1, 0.15) is 12.6 Å². The summed E-state index contributed by atoms with van der Waals surface area (Å²) in [6.07, 6.45) is -0.656. The number of likely N-dealkylation sites (N-methyl/N-ethyl adjacent to an activating group) is 1. The molecule has 9 heteroatoms. The van der Waals surface area contributed by atoms with Crippen molar-refractivity contribution in [3.05, 3.63) is 124 Å². The van der Waals surface area contributed by atoms with Gasteiger partial charge in [-0.05, 0) is 69.0 Å². The van der Waals surface area contributed by atoms with Crippen molar-refractivity contribution in [1.29, 1.82) is 0 Å². The highest BCUT2D eigenvalue weighted by molar-refractivity contribution is 9.10. The number of nitrogens with zero attached hydrogens (tertiary/aromatic N) is 1. The van der Waals surface area contributed by atoms with Gasteiger partial charge in [-0.15, -0.1) is 0 Å². The van der Waals surface area contributed by atoms with Crippen molar-refractivity contribution in [1.82, 2.24) is 10.2 Å². The van der Waals surface area contributed by atoms with Crippen LogP contribution < -0.4 is 10.6 Å². The van der Waals surface area contributed by atoms with E-state index in [1.807, 2.05) is 71.6 Å². The third-order valence-electron chi connectivity index (χ3n) is 7.19. The summed E-state index contributed by atoms with van der Waals surface area (Å²) in [5.41, 5.74) is 6.04. The normalized spacial score (nSPS) is 12.7. The lowest BCUT2D eigenvalue weighted by Crippen LogP contribution is -2.47. The lowest BCUT2D eigenvalue weighted by Gasteiger charge is -2.22. The van der Waals surface area contributed by atoms with Crippen LogP contribution in [0.5, 0.6) is 0 Å². The molecular formula is C33H30BrN3O5. The van der Waals surface area contributed by atoms with E-state index in [1.165, 1.54) is 6.07 Å². The Balaban J connectivity index is 1.21. The Kier molecular flexibility index (Phi) is 9.00. The summed E-state index contributed by atoms with van der Waals surface area (Å²) in [6.45, 7) is 0.787. The van der Waals surface area contributed by atoms with Gasteiger partial charge < -0.3 is 15.2 Å². The molecule has 1 aliphatic rings. The molecule has 5 rings (SSSR count). The van der Waals surface area contributed by atoms with Crippen LogP contribution in [0.15, 0.2) is 102 Å². The highest BCUT2D eigenvalue weighted by Gasteiger charge is 2.29. The van der Waals surface area contributed by atoms with E-state index in [-0.39, 0.29) is 24.6 Å². The van der Waals surface area contributed by atoms with Gasteiger partial charge in [0.05, 0.1) is 5.56 Å².